The van der Waals surface area contributed by atoms with Crippen LogP contribution < -0.4 is 10.5 Å². The molecule has 0 bridgehead atoms. The number of benzene rings is 3. The molecule has 0 aliphatic rings. The van der Waals surface area contributed by atoms with E-state index in [4.69, 9.17) is 50.4 Å². The Hall–Kier alpha value is -2.75. The number of sulfone groups is 1. The zero-order valence-electron chi connectivity index (χ0n) is 17.3. The summed E-state index contributed by atoms with van der Waals surface area (Å²) in [7, 11) is -3.83. The molecule has 1 aromatic heterocycles. The molecule has 3 aromatic carbocycles. The van der Waals surface area contributed by atoms with E-state index in [9.17, 15) is 13.2 Å². The van der Waals surface area contributed by atoms with E-state index in [1.165, 1.54) is 42.6 Å². The number of hydrogen-bond acceptors (Lipinski definition) is 5. The Morgan fingerprint density at radius 3 is 2.29 bits per heavy atom. The topological polar surface area (TPSA) is 122 Å². The molecule has 0 fully saturated rings. The SMILES string of the molecule is N[C@H](Cc1cc(Cl)c(Oc2ccc3[nH]cc(S(=O)(=O)c4ccc(Cl)cc4)c3c2)c(Cl)c1)C(=O)O. The lowest BCUT2D eigenvalue weighted by Crippen LogP contribution is -2.32. The molecule has 1 atom stereocenters. The molecule has 0 saturated carbocycles. The lowest BCUT2D eigenvalue weighted by atomic mass is 10.1. The quantitative estimate of drug-likeness (QED) is 0.277. The van der Waals surface area contributed by atoms with Crippen LogP contribution >= 0.6 is 34.8 Å². The molecule has 1 heterocycles. The Kier molecular flexibility index (Phi) is 6.80. The molecule has 0 amide bonds. The number of aliphatic carboxylic acids is 1. The number of ether oxygens (including phenoxy) is 1. The Balaban J connectivity index is 1.68. The number of rotatable bonds is 7. The van der Waals surface area contributed by atoms with Crippen LogP contribution in [0.5, 0.6) is 11.5 Å². The fraction of sp³-hybridized carbons (Fsp3) is 0.0870. The van der Waals surface area contributed by atoms with E-state index in [1.807, 2.05) is 0 Å². The minimum atomic E-state index is -3.83. The van der Waals surface area contributed by atoms with Crippen molar-refractivity contribution in [3.8, 4) is 11.5 Å². The van der Waals surface area contributed by atoms with Crippen molar-refractivity contribution < 1.29 is 23.1 Å². The molecule has 0 aliphatic carbocycles. The molecule has 0 spiro atoms. The van der Waals surface area contributed by atoms with Gasteiger partial charge in [0.15, 0.2) is 5.75 Å². The Labute approximate surface area is 209 Å². The highest BCUT2D eigenvalue weighted by Gasteiger charge is 2.23. The number of fused-ring (bicyclic) bond motifs is 1. The van der Waals surface area contributed by atoms with Gasteiger partial charge in [0.25, 0.3) is 0 Å². The lowest BCUT2D eigenvalue weighted by Gasteiger charge is -2.13. The van der Waals surface area contributed by atoms with Crippen molar-refractivity contribution in [3.63, 3.8) is 0 Å². The van der Waals surface area contributed by atoms with Crippen LogP contribution in [0.1, 0.15) is 5.56 Å². The minimum absolute atomic E-state index is 0.0380. The molecule has 34 heavy (non-hydrogen) atoms. The molecule has 11 heteroatoms. The van der Waals surface area contributed by atoms with Gasteiger partial charge in [-0.1, -0.05) is 34.8 Å². The second-order valence-corrected chi connectivity index (χ2v) is 10.6. The van der Waals surface area contributed by atoms with Crippen molar-refractivity contribution in [2.24, 2.45) is 5.73 Å². The fourth-order valence-corrected chi connectivity index (χ4v) is 5.54. The van der Waals surface area contributed by atoms with E-state index in [1.54, 1.807) is 18.2 Å². The highest BCUT2D eigenvalue weighted by molar-refractivity contribution is 7.91. The number of carbonyl (C=O) groups is 1. The summed E-state index contributed by atoms with van der Waals surface area (Å²) in [6.45, 7) is 0. The minimum Gasteiger partial charge on any atom is -0.480 e. The number of nitrogens with one attached hydrogen (secondary N) is 1. The van der Waals surface area contributed by atoms with Crippen molar-refractivity contribution in [2.45, 2.75) is 22.3 Å². The Morgan fingerprint density at radius 1 is 1.03 bits per heavy atom. The van der Waals surface area contributed by atoms with Gasteiger partial charge in [0.05, 0.1) is 19.8 Å². The summed E-state index contributed by atoms with van der Waals surface area (Å²) in [6.07, 6.45) is 1.45. The highest BCUT2D eigenvalue weighted by Crippen LogP contribution is 2.39. The predicted molar refractivity (Wildman–Crippen MR) is 131 cm³/mol. The maximum absolute atomic E-state index is 13.2. The van der Waals surface area contributed by atoms with Crippen LogP contribution in [-0.2, 0) is 21.1 Å². The maximum atomic E-state index is 13.2. The van der Waals surface area contributed by atoms with Gasteiger partial charge in [-0.2, -0.15) is 0 Å². The van der Waals surface area contributed by atoms with E-state index < -0.39 is 21.8 Å². The normalized spacial score (nSPS) is 12.6. The van der Waals surface area contributed by atoms with Gasteiger partial charge in [0, 0.05) is 22.1 Å². The summed E-state index contributed by atoms with van der Waals surface area (Å²) >= 11 is 18.5. The van der Waals surface area contributed by atoms with E-state index in [-0.39, 0.29) is 32.0 Å². The number of carboxylic acid groups (broad SMARTS) is 1. The summed E-state index contributed by atoms with van der Waals surface area (Å²) in [5.74, 6) is -0.692. The number of nitrogens with two attached hydrogens (primary N) is 1. The van der Waals surface area contributed by atoms with E-state index in [0.29, 0.717) is 27.2 Å². The van der Waals surface area contributed by atoms with Gasteiger partial charge in [-0.3, -0.25) is 4.79 Å². The number of halogens is 3. The van der Waals surface area contributed by atoms with Crippen molar-refractivity contribution in [1.82, 2.24) is 4.98 Å². The van der Waals surface area contributed by atoms with Crippen molar-refractivity contribution in [3.05, 3.63) is 81.4 Å². The van der Waals surface area contributed by atoms with E-state index >= 15 is 0 Å². The largest absolute Gasteiger partial charge is 0.480 e. The third kappa shape index (κ3) is 4.87. The van der Waals surface area contributed by atoms with Crippen molar-refractivity contribution in [1.29, 1.82) is 0 Å². The molecule has 4 N–H and O–H groups in total. The zero-order valence-corrected chi connectivity index (χ0v) is 20.3. The van der Waals surface area contributed by atoms with Crippen LogP contribution in [0.3, 0.4) is 0 Å². The van der Waals surface area contributed by atoms with Crippen LogP contribution in [-0.4, -0.2) is 30.5 Å². The first kappa shape index (κ1) is 24.4. The smallest absolute Gasteiger partial charge is 0.320 e. The highest BCUT2D eigenvalue weighted by atomic mass is 35.5. The standard InChI is InChI=1S/C23H17Cl3N2O5S/c24-13-1-4-15(5-2-13)34(31,32)21-11-28-20-6-3-14(10-16(20)21)33-22-17(25)7-12(8-18(22)26)9-19(27)23(29)30/h1-8,10-11,19,28H,9,27H2,(H,29,30)/t19-/m1/s1. The molecule has 7 nitrogen and oxygen atoms in total. The lowest BCUT2D eigenvalue weighted by molar-refractivity contribution is -0.138. The summed E-state index contributed by atoms with van der Waals surface area (Å²) < 4.78 is 32.2. The molecule has 0 saturated heterocycles. The second kappa shape index (κ2) is 9.48. The van der Waals surface area contributed by atoms with Crippen LogP contribution in [0.4, 0.5) is 0 Å². The average molecular weight is 540 g/mol. The van der Waals surface area contributed by atoms with Gasteiger partial charge in [0.2, 0.25) is 9.84 Å². The Bertz CT molecular complexity index is 1480. The summed E-state index contributed by atoms with van der Waals surface area (Å²) in [4.78, 5) is 14.1. The number of H-pyrrole nitrogens is 1. The zero-order chi connectivity index (χ0) is 24.6. The molecule has 0 unspecified atom stereocenters. The predicted octanol–water partition coefficient (Wildman–Crippen LogP) is 5.71. The Morgan fingerprint density at radius 2 is 1.68 bits per heavy atom. The summed E-state index contributed by atoms with van der Waals surface area (Å²) in [5.41, 5.74) is 6.71. The van der Waals surface area contributed by atoms with Crippen LogP contribution in [0, 0.1) is 0 Å². The number of aromatic nitrogens is 1. The number of carboxylic acids is 1. The van der Waals surface area contributed by atoms with Gasteiger partial charge in [0.1, 0.15) is 11.8 Å². The first-order valence-corrected chi connectivity index (χ1v) is 12.4. The number of hydrogen-bond donors (Lipinski definition) is 3. The molecule has 4 aromatic rings. The van der Waals surface area contributed by atoms with Crippen LogP contribution in [0.2, 0.25) is 15.1 Å². The van der Waals surface area contributed by atoms with Gasteiger partial charge in [-0.05, 0) is 66.6 Å². The summed E-state index contributed by atoms with van der Waals surface area (Å²) in [5, 5.41) is 10.2. The third-order valence-electron chi connectivity index (χ3n) is 5.08. The van der Waals surface area contributed by atoms with Crippen LogP contribution in [0.15, 0.2) is 70.6 Å². The van der Waals surface area contributed by atoms with Crippen molar-refractivity contribution >= 4 is 61.5 Å². The molecule has 176 valence electrons. The first-order chi connectivity index (χ1) is 16.1. The van der Waals surface area contributed by atoms with Gasteiger partial charge in [-0.25, -0.2) is 8.42 Å². The molecular formula is C23H17Cl3N2O5S. The van der Waals surface area contributed by atoms with Crippen molar-refractivity contribution in [2.75, 3.05) is 0 Å². The molecule has 4 rings (SSSR count). The monoisotopic (exact) mass is 538 g/mol. The molecule has 0 radical (unpaired) electrons. The van der Waals surface area contributed by atoms with Gasteiger partial charge in [-0.15, -0.1) is 0 Å². The maximum Gasteiger partial charge on any atom is 0.320 e. The molecular weight excluding hydrogens is 523 g/mol. The molecule has 0 aliphatic heterocycles. The third-order valence-corrected chi connectivity index (χ3v) is 7.70. The van der Waals surface area contributed by atoms with Gasteiger partial charge < -0.3 is 20.6 Å². The fourth-order valence-electron chi connectivity index (χ4n) is 3.39. The van der Waals surface area contributed by atoms with E-state index in [2.05, 4.69) is 4.98 Å². The van der Waals surface area contributed by atoms with Crippen LogP contribution in [0.25, 0.3) is 10.9 Å². The number of aromatic amines is 1. The first-order valence-electron chi connectivity index (χ1n) is 9.82. The second-order valence-electron chi connectivity index (χ2n) is 7.46. The van der Waals surface area contributed by atoms with E-state index in [0.717, 1.165) is 0 Å². The summed E-state index contributed by atoms with van der Waals surface area (Å²) in [6, 6.07) is 12.7. The average Bonchev–Trinajstić information content (AvgIpc) is 3.20. The van der Waals surface area contributed by atoms with Gasteiger partial charge >= 0.3 is 5.97 Å².